The van der Waals surface area contributed by atoms with Crippen molar-refractivity contribution < 1.29 is 14.3 Å². The Morgan fingerprint density at radius 1 is 1.45 bits per heavy atom. The van der Waals surface area contributed by atoms with Gasteiger partial charge in [0.25, 0.3) is 5.91 Å². The molecule has 1 unspecified atom stereocenters. The maximum absolute atomic E-state index is 11.6. The second-order valence-electron chi connectivity index (χ2n) is 4.40. The van der Waals surface area contributed by atoms with Gasteiger partial charge in [0.15, 0.2) is 18.1 Å². The lowest BCUT2D eigenvalue weighted by Gasteiger charge is -2.14. The fourth-order valence-electron chi connectivity index (χ4n) is 1.50. The van der Waals surface area contributed by atoms with Gasteiger partial charge in [-0.05, 0) is 31.5 Å². The minimum atomic E-state index is -0.167. The molecule has 0 heterocycles. The third-order valence-corrected chi connectivity index (χ3v) is 3.06. The van der Waals surface area contributed by atoms with Gasteiger partial charge in [-0.25, -0.2) is 0 Å². The number of amides is 1. The highest BCUT2D eigenvalue weighted by Gasteiger charge is 2.10. The highest BCUT2D eigenvalue weighted by atomic mass is 32.1. The van der Waals surface area contributed by atoms with Crippen LogP contribution in [0.1, 0.15) is 25.8 Å². The number of nitrogens with one attached hydrogen (secondary N) is 1. The molecule has 0 aliphatic rings. The number of methoxy groups -OCH3 is 1. The van der Waals surface area contributed by atoms with Crippen LogP contribution in [0.3, 0.4) is 0 Å². The Kier molecular flexibility index (Phi) is 6.24. The fourth-order valence-corrected chi connectivity index (χ4v) is 1.63. The van der Waals surface area contributed by atoms with Crippen molar-refractivity contribution in [3.8, 4) is 11.5 Å². The standard InChI is InChI=1S/C14H20N2O3S/c1-4-9(2)16-13(17)8-19-11-6-5-10(14(15)20)7-12(11)18-3/h5-7,9H,4,8H2,1-3H3,(H2,15,20)(H,16,17). The zero-order chi connectivity index (χ0) is 15.1. The van der Waals surface area contributed by atoms with Crippen LogP contribution < -0.4 is 20.5 Å². The molecule has 110 valence electrons. The van der Waals surface area contributed by atoms with Gasteiger partial charge in [0.1, 0.15) is 4.99 Å². The van der Waals surface area contributed by atoms with Crippen LogP contribution in [-0.4, -0.2) is 30.7 Å². The summed E-state index contributed by atoms with van der Waals surface area (Å²) in [6.45, 7) is 3.88. The first-order valence-corrected chi connectivity index (χ1v) is 6.78. The topological polar surface area (TPSA) is 73.6 Å². The van der Waals surface area contributed by atoms with Gasteiger partial charge in [-0.3, -0.25) is 4.79 Å². The van der Waals surface area contributed by atoms with Gasteiger partial charge in [0.05, 0.1) is 7.11 Å². The van der Waals surface area contributed by atoms with Gasteiger partial charge >= 0.3 is 0 Å². The van der Waals surface area contributed by atoms with Crippen molar-refractivity contribution in [2.24, 2.45) is 5.73 Å². The molecule has 0 spiro atoms. The molecule has 6 heteroatoms. The van der Waals surface area contributed by atoms with Crippen molar-refractivity contribution in [3.05, 3.63) is 23.8 Å². The maximum Gasteiger partial charge on any atom is 0.258 e. The van der Waals surface area contributed by atoms with Crippen molar-refractivity contribution in [1.82, 2.24) is 5.32 Å². The van der Waals surface area contributed by atoms with Crippen LogP contribution in [-0.2, 0) is 4.79 Å². The Hall–Kier alpha value is -1.82. The van der Waals surface area contributed by atoms with Gasteiger partial charge in [0, 0.05) is 11.6 Å². The van der Waals surface area contributed by atoms with E-state index in [2.05, 4.69) is 5.32 Å². The Balaban J connectivity index is 2.68. The van der Waals surface area contributed by atoms with Crippen molar-refractivity contribution in [2.45, 2.75) is 26.3 Å². The summed E-state index contributed by atoms with van der Waals surface area (Å²) >= 11 is 4.90. The van der Waals surface area contributed by atoms with Crippen molar-refractivity contribution in [3.63, 3.8) is 0 Å². The van der Waals surface area contributed by atoms with Gasteiger partial charge in [-0.1, -0.05) is 19.1 Å². The average Bonchev–Trinajstić information content (AvgIpc) is 2.44. The number of hydrogen-bond donors (Lipinski definition) is 2. The van der Waals surface area contributed by atoms with E-state index in [1.54, 1.807) is 18.2 Å². The predicted octanol–water partition coefficient (Wildman–Crippen LogP) is 1.62. The molecule has 1 atom stereocenters. The SMILES string of the molecule is CCC(C)NC(=O)COc1ccc(C(N)=S)cc1OC. The van der Waals surface area contributed by atoms with E-state index in [0.29, 0.717) is 17.1 Å². The average molecular weight is 296 g/mol. The van der Waals surface area contributed by atoms with Gasteiger partial charge < -0.3 is 20.5 Å². The van der Waals surface area contributed by atoms with Crippen LogP contribution in [0.5, 0.6) is 11.5 Å². The molecule has 5 nitrogen and oxygen atoms in total. The van der Waals surface area contributed by atoms with Crippen LogP contribution in [0.15, 0.2) is 18.2 Å². The van der Waals surface area contributed by atoms with Gasteiger partial charge in [-0.15, -0.1) is 0 Å². The molecule has 3 N–H and O–H groups in total. The highest BCUT2D eigenvalue weighted by molar-refractivity contribution is 7.80. The highest BCUT2D eigenvalue weighted by Crippen LogP contribution is 2.27. The summed E-state index contributed by atoms with van der Waals surface area (Å²) in [5, 5.41) is 2.82. The van der Waals surface area contributed by atoms with E-state index in [4.69, 9.17) is 27.4 Å². The predicted molar refractivity (Wildman–Crippen MR) is 82.3 cm³/mol. The minimum absolute atomic E-state index is 0.0624. The first-order valence-electron chi connectivity index (χ1n) is 6.38. The lowest BCUT2D eigenvalue weighted by molar-refractivity contribution is -0.123. The van der Waals surface area contributed by atoms with Crippen LogP contribution in [0.4, 0.5) is 0 Å². The normalized spacial score (nSPS) is 11.6. The first kappa shape index (κ1) is 16.2. The summed E-state index contributed by atoms with van der Waals surface area (Å²) in [5.41, 5.74) is 6.24. The molecule has 0 saturated heterocycles. The number of carbonyl (C=O) groups excluding carboxylic acids is 1. The van der Waals surface area contributed by atoms with E-state index in [9.17, 15) is 4.79 Å². The van der Waals surface area contributed by atoms with E-state index in [-0.39, 0.29) is 23.5 Å². The monoisotopic (exact) mass is 296 g/mol. The second kappa shape index (κ2) is 7.69. The summed E-state index contributed by atoms with van der Waals surface area (Å²) in [4.78, 5) is 11.9. The Morgan fingerprint density at radius 3 is 2.70 bits per heavy atom. The Bertz CT molecular complexity index is 491. The summed E-state index contributed by atoms with van der Waals surface area (Å²) in [5.74, 6) is 0.804. The first-order chi connectivity index (χ1) is 9.47. The molecule has 0 aliphatic heterocycles. The van der Waals surface area contributed by atoms with E-state index in [1.807, 2.05) is 13.8 Å². The molecular weight excluding hydrogens is 276 g/mol. The molecule has 1 rings (SSSR count). The zero-order valence-corrected chi connectivity index (χ0v) is 12.8. The van der Waals surface area contributed by atoms with Crippen molar-refractivity contribution >= 4 is 23.1 Å². The molecule has 0 fully saturated rings. The second-order valence-corrected chi connectivity index (χ2v) is 4.84. The molecule has 1 aromatic rings. The fraction of sp³-hybridized carbons (Fsp3) is 0.429. The van der Waals surface area contributed by atoms with E-state index < -0.39 is 0 Å². The molecule has 0 aromatic heterocycles. The number of rotatable bonds is 7. The summed E-state index contributed by atoms with van der Waals surface area (Å²) in [7, 11) is 1.52. The molecule has 0 aliphatic carbocycles. The van der Waals surface area contributed by atoms with Crippen molar-refractivity contribution in [1.29, 1.82) is 0 Å². The summed E-state index contributed by atoms with van der Waals surface area (Å²) < 4.78 is 10.6. The quantitative estimate of drug-likeness (QED) is 0.748. The van der Waals surface area contributed by atoms with E-state index in [0.717, 1.165) is 6.42 Å². The summed E-state index contributed by atoms with van der Waals surface area (Å²) in [6, 6.07) is 5.23. The largest absolute Gasteiger partial charge is 0.493 e. The Labute approximate surface area is 124 Å². The number of thiocarbonyl (C=S) groups is 1. The summed E-state index contributed by atoms with van der Waals surface area (Å²) in [6.07, 6.45) is 0.873. The van der Waals surface area contributed by atoms with Gasteiger partial charge in [0.2, 0.25) is 0 Å². The molecule has 0 bridgehead atoms. The third-order valence-electron chi connectivity index (χ3n) is 2.83. The third kappa shape index (κ3) is 4.70. The van der Waals surface area contributed by atoms with Crippen LogP contribution >= 0.6 is 12.2 Å². The molecule has 20 heavy (non-hydrogen) atoms. The molecule has 1 amide bonds. The van der Waals surface area contributed by atoms with E-state index in [1.165, 1.54) is 7.11 Å². The van der Waals surface area contributed by atoms with Gasteiger partial charge in [-0.2, -0.15) is 0 Å². The lowest BCUT2D eigenvalue weighted by atomic mass is 10.2. The molecular formula is C14H20N2O3S. The number of carbonyl (C=O) groups is 1. The zero-order valence-electron chi connectivity index (χ0n) is 11.9. The van der Waals surface area contributed by atoms with Crippen LogP contribution in [0.2, 0.25) is 0 Å². The van der Waals surface area contributed by atoms with Crippen LogP contribution in [0, 0.1) is 0 Å². The minimum Gasteiger partial charge on any atom is -0.493 e. The number of hydrogen-bond acceptors (Lipinski definition) is 4. The van der Waals surface area contributed by atoms with E-state index >= 15 is 0 Å². The molecule has 0 saturated carbocycles. The Morgan fingerprint density at radius 2 is 2.15 bits per heavy atom. The smallest absolute Gasteiger partial charge is 0.258 e. The molecule has 1 aromatic carbocycles. The lowest BCUT2D eigenvalue weighted by Crippen LogP contribution is -2.35. The number of ether oxygens (including phenoxy) is 2. The number of nitrogens with two attached hydrogens (primary N) is 1. The molecule has 0 radical (unpaired) electrons. The number of benzene rings is 1. The van der Waals surface area contributed by atoms with Crippen LogP contribution in [0.25, 0.3) is 0 Å². The maximum atomic E-state index is 11.6. The van der Waals surface area contributed by atoms with Crippen molar-refractivity contribution in [2.75, 3.05) is 13.7 Å².